The zero-order chi connectivity index (χ0) is 8.91. The predicted octanol–water partition coefficient (Wildman–Crippen LogP) is 2.07. The molecule has 0 spiro atoms. The summed E-state index contributed by atoms with van der Waals surface area (Å²) in [6.07, 6.45) is 0. The Morgan fingerprint density at radius 1 is 1.55 bits per heavy atom. The van der Waals surface area contributed by atoms with Crippen LogP contribution in [-0.2, 0) is 4.74 Å². The lowest BCUT2D eigenvalue weighted by Gasteiger charge is -2.21. The SMILES string of the molecule is [CH2]COCC(C#N)[Si](C)(C)C. The summed E-state index contributed by atoms with van der Waals surface area (Å²) in [5.41, 5.74) is 0.101. The molecule has 2 nitrogen and oxygen atoms in total. The van der Waals surface area contributed by atoms with Crippen molar-refractivity contribution in [3.8, 4) is 6.07 Å². The summed E-state index contributed by atoms with van der Waals surface area (Å²) < 4.78 is 5.11. The maximum atomic E-state index is 8.77. The number of nitrogens with zero attached hydrogens (tertiary/aromatic N) is 1. The molecule has 0 N–H and O–H groups in total. The Kier molecular flexibility index (Phi) is 4.39. The number of rotatable bonds is 4. The molecule has 0 saturated carbocycles. The fraction of sp³-hybridized carbons (Fsp3) is 0.750. The molecule has 1 unspecified atom stereocenters. The van der Waals surface area contributed by atoms with Gasteiger partial charge < -0.3 is 4.74 Å². The number of hydrogen-bond acceptors (Lipinski definition) is 2. The van der Waals surface area contributed by atoms with Gasteiger partial charge in [-0.3, -0.25) is 0 Å². The van der Waals surface area contributed by atoms with E-state index in [4.69, 9.17) is 10.00 Å². The highest BCUT2D eigenvalue weighted by Gasteiger charge is 2.26. The molecule has 0 fully saturated rings. The van der Waals surface area contributed by atoms with Gasteiger partial charge in [0.25, 0.3) is 0 Å². The highest BCUT2D eigenvalue weighted by atomic mass is 28.3. The number of nitriles is 1. The quantitative estimate of drug-likeness (QED) is 0.605. The first-order chi connectivity index (χ1) is 5.02. The Morgan fingerprint density at radius 2 is 2.09 bits per heavy atom. The Hall–Kier alpha value is -0.333. The predicted molar refractivity (Wildman–Crippen MR) is 48.9 cm³/mol. The van der Waals surface area contributed by atoms with Crippen molar-refractivity contribution in [2.75, 3.05) is 13.2 Å². The van der Waals surface area contributed by atoms with Crippen molar-refractivity contribution in [2.24, 2.45) is 0 Å². The van der Waals surface area contributed by atoms with Crippen molar-refractivity contribution in [3.05, 3.63) is 6.92 Å². The minimum atomic E-state index is -1.34. The molecule has 63 valence electrons. The van der Waals surface area contributed by atoms with Gasteiger partial charge in [-0.2, -0.15) is 5.26 Å². The van der Waals surface area contributed by atoms with Gasteiger partial charge in [0.05, 0.1) is 26.3 Å². The molecule has 0 saturated heterocycles. The Labute approximate surface area is 70.2 Å². The third-order valence-electron chi connectivity index (χ3n) is 1.63. The van der Waals surface area contributed by atoms with Gasteiger partial charge in [-0.05, 0) is 6.92 Å². The normalized spacial score (nSPS) is 14.1. The van der Waals surface area contributed by atoms with Crippen LogP contribution in [0.3, 0.4) is 0 Å². The molecule has 11 heavy (non-hydrogen) atoms. The molecule has 0 amide bonds. The third kappa shape index (κ3) is 4.17. The number of ether oxygens (including phenoxy) is 1. The van der Waals surface area contributed by atoms with Gasteiger partial charge in [0.15, 0.2) is 0 Å². The monoisotopic (exact) mass is 170 g/mol. The lowest BCUT2D eigenvalue weighted by molar-refractivity contribution is 0.166. The van der Waals surface area contributed by atoms with E-state index in [0.717, 1.165) is 0 Å². The Morgan fingerprint density at radius 3 is 2.36 bits per heavy atom. The van der Waals surface area contributed by atoms with Crippen LogP contribution >= 0.6 is 0 Å². The molecule has 0 aromatic heterocycles. The van der Waals surface area contributed by atoms with E-state index in [1.807, 2.05) is 0 Å². The maximum Gasteiger partial charge on any atom is 0.0670 e. The highest BCUT2D eigenvalue weighted by molar-refractivity contribution is 6.78. The van der Waals surface area contributed by atoms with Crippen molar-refractivity contribution in [2.45, 2.75) is 25.2 Å². The standard InChI is InChI=1S/C8H16NOSi/c1-5-10-7-8(6-9)11(2,3)4/h8H,1,5,7H2,2-4H3. The molecule has 0 aromatic rings. The van der Waals surface area contributed by atoms with E-state index in [9.17, 15) is 0 Å². The van der Waals surface area contributed by atoms with Gasteiger partial charge in [0.2, 0.25) is 0 Å². The summed E-state index contributed by atoms with van der Waals surface area (Å²) in [6.45, 7) is 11.1. The first-order valence-corrected chi connectivity index (χ1v) is 7.36. The molecule has 0 aromatic carbocycles. The van der Waals surface area contributed by atoms with E-state index in [-0.39, 0.29) is 5.54 Å². The first-order valence-electron chi connectivity index (χ1n) is 3.79. The van der Waals surface area contributed by atoms with Crippen LogP contribution in [0.1, 0.15) is 0 Å². The third-order valence-corrected chi connectivity index (χ3v) is 4.02. The zero-order valence-corrected chi connectivity index (χ0v) is 8.55. The van der Waals surface area contributed by atoms with Crippen molar-refractivity contribution >= 4 is 8.07 Å². The first kappa shape index (κ1) is 10.7. The molecule has 3 heteroatoms. The van der Waals surface area contributed by atoms with Gasteiger partial charge in [0, 0.05) is 6.61 Å². The second kappa shape index (κ2) is 4.53. The Bertz CT molecular complexity index is 145. The van der Waals surface area contributed by atoms with E-state index in [1.54, 1.807) is 0 Å². The summed E-state index contributed by atoms with van der Waals surface area (Å²) in [4.78, 5) is 0. The summed E-state index contributed by atoms with van der Waals surface area (Å²) in [7, 11) is -1.34. The molecule has 0 aliphatic carbocycles. The van der Waals surface area contributed by atoms with E-state index < -0.39 is 8.07 Å². The van der Waals surface area contributed by atoms with Gasteiger partial charge in [0.1, 0.15) is 0 Å². The van der Waals surface area contributed by atoms with Crippen molar-refractivity contribution < 1.29 is 4.74 Å². The highest BCUT2D eigenvalue weighted by Crippen LogP contribution is 2.20. The summed E-state index contributed by atoms with van der Waals surface area (Å²) in [5.74, 6) is 0. The second-order valence-corrected chi connectivity index (χ2v) is 9.05. The van der Waals surface area contributed by atoms with Crippen LogP contribution in [0.15, 0.2) is 0 Å². The minimum absolute atomic E-state index is 0.101. The average Bonchev–Trinajstić information content (AvgIpc) is 1.87. The van der Waals surface area contributed by atoms with Gasteiger partial charge in [-0.25, -0.2) is 0 Å². The average molecular weight is 170 g/mol. The molecule has 0 aliphatic rings. The molecular formula is C8H16NOSi. The van der Waals surface area contributed by atoms with Crippen LogP contribution in [-0.4, -0.2) is 21.3 Å². The second-order valence-electron chi connectivity index (χ2n) is 3.62. The topological polar surface area (TPSA) is 33.0 Å². The van der Waals surface area contributed by atoms with Crippen molar-refractivity contribution in [1.29, 1.82) is 5.26 Å². The minimum Gasteiger partial charge on any atom is -0.380 e. The summed E-state index contributed by atoms with van der Waals surface area (Å²) in [6, 6.07) is 2.29. The van der Waals surface area contributed by atoms with E-state index in [1.165, 1.54) is 0 Å². The van der Waals surface area contributed by atoms with Crippen molar-refractivity contribution in [1.82, 2.24) is 0 Å². The van der Waals surface area contributed by atoms with Gasteiger partial charge in [-0.15, -0.1) is 0 Å². The lowest BCUT2D eigenvalue weighted by atomic mass is 10.5. The van der Waals surface area contributed by atoms with Crippen molar-refractivity contribution in [3.63, 3.8) is 0 Å². The maximum absolute atomic E-state index is 8.77. The molecule has 1 atom stereocenters. The summed E-state index contributed by atoms with van der Waals surface area (Å²) >= 11 is 0. The number of hydrogen-bond donors (Lipinski definition) is 0. The van der Waals surface area contributed by atoms with Crippen LogP contribution in [0.5, 0.6) is 0 Å². The van der Waals surface area contributed by atoms with Crippen LogP contribution < -0.4 is 0 Å². The van der Waals surface area contributed by atoms with Crippen LogP contribution in [0.2, 0.25) is 25.2 Å². The van der Waals surface area contributed by atoms with Gasteiger partial charge in [-0.1, -0.05) is 19.6 Å². The molecule has 0 bridgehead atoms. The van der Waals surface area contributed by atoms with Crippen LogP contribution in [0.4, 0.5) is 0 Å². The smallest absolute Gasteiger partial charge is 0.0670 e. The zero-order valence-electron chi connectivity index (χ0n) is 7.55. The van der Waals surface area contributed by atoms with Gasteiger partial charge >= 0.3 is 0 Å². The fourth-order valence-corrected chi connectivity index (χ4v) is 1.69. The molecular weight excluding hydrogens is 154 g/mol. The molecule has 0 rings (SSSR count). The van der Waals surface area contributed by atoms with E-state index in [0.29, 0.717) is 13.2 Å². The van der Waals surface area contributed by atoms with Crippen LogP contribution in [0.25, 0.3) is 0 Å². The lowest BCUT2D eigenvalue weighted by Crippen LogP contribution is -2.30. The van der Waals surface area contributed by atoms with E-state index in [2.05, 4.69) is 32.6 Å². The molecule has 0 heterocycles. The van der Waals surface area contributed by atoms with Crippen LogP contribution in [0, 0.1) is 18.3 Å². The Balaban J connectivity index is 3.89. The largest absolute Gasteiger partial charge is 0.380 e. The molecule has 1 radical (unpaired) electrons. The molecule has 0 aliphatic heterocycles. The summed E-state index contributed by atoms with van der Waals surface area (Å²) in [5, 5.41) is 8.77. The fourth-order valence-electron chi connectivity index (χ4n) is 0.682. The van der Waals surface area contributed by atoms with E-state index >= 15 is 0 Å².